The number of nitrogen functional groups attached to an aromatic ring is 1. The minimum Gasteiger partial charge on any atom is -0.433 e. The number of rotatable bonds is 14. The van der Waals surface area contributed by atoms with Crippen LogP contribution in [-0.2, 0) is 47.8 Å². The monoisotopic (exact) mass is 1000 g/mol. The van der Waals surface area contributed by atoms with Gasteiger partial charge in [-0.2, -0.15) is 0 Å². The van der Waals surface area contributed by atoms with Gasteiger partial charge in [-0.25, -0.2) is 5.01 Å². The molecule has 7 atom stereocenters. The average Bonchev–Trinajstić information content (AvgIpc) is 3.94. The van der Waals surface area contributed by atoms with Crippen molar-refractivity contribution in [3.8, 4) is 0 Å². The molecule has 1 aromatic heterocycles. The summed E-state index contributed by atoms with van der Waals surface area (Å²) in [5, 5.41) is 14.9. The van der Waals surface area contributed by atoms with E-state index in [2.05, 4.69) is 26.3 Å². The number of Topliss-reactive ketones (excluding diaryl/α,β-unsaturated/α-hetero) is 1. The largest absolute Gasteiger partial charge is 0.433 e. The number of aldehydes is 1. The van der Waals surface area contributed by atoms with E-state index in [1.54, 1.807) is 25.1 Å². The van der Waals surface area contributed by atoms with Crippen LogP contribution in [0.15, 0.2) is 54.7 Å². The molecule has 4 aliphatic heterocycles. The lowest BCUT2D eigenvalue weighted by molar-refractivity contribution is -0.176. The standard InChI is InChI=1S/C25H27N5O6.C24H33ClN4O6/c1-15(32)13-17(14-31)27-23(34)20-7-4-12-29-21(33)9-8-19(25(36)30(20)29)28-24(35)22-18-6-3-2-5-16(18)10-11-26-22;1-5-34-23-16(12-18(30)35-23)27-21(32)17-7-6-10-29(17)22(33)19(24(2,3)4)28-20(31)13-8-9-15(26)14(25)11-13/h2-3,5-6,10-11,14,17,19-20H,4,7-9,12-13H2,1H3,(H,27,34)(H,28,35);8-9,11,16-17,19,23H,5-7,10,12,26H2,1-4H3,(H,27,32)(H,28,31)/t17-,19-,20-;/m0./s1. The number of hydrogen-bond acceptors (Lipinski definition) is 14. The molecule has 6 N–H and O–H groups in total. The third-order valence-corrected chi connectivity index (χ3v) is 12.8. The zero-order valence-corrected chi connectivity index (χ0v) is 41.0. The van der Waals surface area contributed by atoms with E-state index in [1.807, 2.05) is 32.9 Å². The van der Waals surface area contributed by atoms with Crippen LogP contribution in [0.3, 0.4) is 0 Å². The highest BCUT2D eigenvalue weighted by Gasteiger charge is 2.46. The molecule has 0 spiro atoms. The Kier molecular flexibility index (Phi) is 17.5. The van der Waals surface area contributed by atoms with E-state index in [1.165, 1.54) is 41.2 Å². The van der Waals surface area contributed by atoms with E-state index < -0.39 is 77.6 Å². The highest BCUT2D eigenvalue weighted by atomic mass is 35.5. The van der Waals surface area contributed by atoms with E-state index in [4.69, 9.17) is 26.8 Å². The molecule has 21 nitrogen and oxygen atoms in total. The van der Waals surface area contributed by atoms with E-state index in [9.17, 15) is 47.9 Å². The number of ether oxygens (including phenoxy) is 2. The van der Waals surface area contributed by atoms with Crippen molar-refractivity contribution in [2.24, 2.45) is 5.41 Å². The van der Waals surface area contributed by atoms with Crippen molar-refractivity contribution in [2.75, 3.05) is 25.4 Å². The molecule has 71 heavy (non-hydrogen) atoms. The van der Waals surface area contributed by atoms with Crippen molar-refractivity contribution in [1.29, 1.82) is 0 Å². The fourth-order valence-corrected chi connectivity index (χ4v) is 9.08. The molecule has 3 aromatic rings. The SMILES string of the molecule is CC(=O)C[C@@H](C=O)NC(=O)[C@@H]1CCCN2C(=O)CC[C@H](NC(=O)c3nccc4ccccc34)C(=O)N12.CCOC1OC(=O)CC1NC(=O)C1CCCN1C(=O)C(NC(=O)c1ccc(N)c(Cl)c1)C(C)(C)C. The molecule has 4 saturated heterocycles. The number of cyclic esters (lactones) is 1. The second-order valence-corrected chi connectivity index (χ2v) is 19.2. The molecular weight excluding hydrogens is 942 g/mol. The molecule has 0 radical (unpaired) electrons. The van der Waals surface area contributed by atoms with E-state index in [0.717, 1.165) is 10.4 Å². The molecule has 380 valence electrons. The van der Waals surface area contributed by atoms with Gasteiger partial charge in [0.1, 0.15) is 48.0 Å². The number of esters is 1. The predicted molar refractivity (Wildman–Crippen MR) is 256 cm³/mol. The molecule has 2 aromatic carbocycles. The first-order chi connectivity index (χ1) is 33.7. The maximum atomic E-state index is 13.6. The van der Waals surface area contributed by atoms with Gasteiger partial charge in [-0.3, -0.25) is 53.1 Å². The number of anilines is 1. The second kappa shape index (κ2) is 23.3. The molecule has 4 aliphatic rings. The second-order valence-electron chi connectivity index (χ2n) is 18.8. The van der Waals surface area contributed by atoms with Gasteiger partial charge < -0.3 is 46.2 Å². The number of benzene rings is 2. The van der Waals surface area contributed by atoms with Gasteiger partial charge in [-0.15, -0.1) is 0 Å². The minimum absolute atomic E-state index is 0.00188. The number of pyridine rings is 1. The quantitative estimate of drug-likeness (QED) is 0.0881. The number of fused-ring (bicyclic) bond motifs is 2. The van der Waals surface area contributed by atoms with Crippen LogP contribution in [0.4, 0.5) is 5.69 Å². The van der Waals surface area contributed by atoms with Crippen molar-refractivity contribution in [2.45, 2.75) is 129 Å². The van der Waals surface area contributed by atoms with Crippen LogP contribution in [0, 0.1) is 5.41 Å². The van der Waals surface area contributed by atoms with Crippen molar-refractivity contribution < 1.29 is 57.4 Å². The number of amides is 7. The molecule has 22 heteroatoms. The smallest absolute Gasteiger partial charge is 0.310 e. The van der Waals surface area contributed by atoms with Crippen LogP contribution < -0.4 is 27.0 Å². The van der Waals surface area contributed by atoms with Crippen LogP contribution >= 0.6 is 11.6 Å². The number of hydrazine groups is 1. The molecule has 0 bridgehead atoms. The highest BCUT2D eigenvalue weighted by Crippen LogP contribution is 2.29. The van der Waals surface area contributed by atoms with Crippen LogP contribution in [0.1, 0.15) is 107 Å². The van der Waals surface area contributed by atoms with Crippen LogP contribution in [0.5, 0.6) is 0 Å². The number of nitrogens with one attached hydrogen (secondary N) is 4. The van der Waals surface area contributed by atoms with Gasteiger partial charge in [0, 0.05) is 49.7 Å². The number of likely N-dealkylation sites (tertiary alicyclic amines) is 1. The molecule has 7 rings (SSSR count). The lowest BCUT2D eigenvalue weighted by atomic mass is 9.85. The van der Waals surface area contributed by atoms with Gasteiger partial charge in [0.2, 0.25) is 29.9 Å². The summed E-state index contributed by atoms with van der Waals surface area (Å²) in [6.07, 6.45) is 2.87. The number of carbonyl (C=O) groups is 10. The van der Waals surface area contributed by atoms with Gasteiger partial charge in [0.15, 0.2) is 0 Å². The Labute approximate surface area is 415 Å². The fourth-order valence-electron chi connectivity index (χ4n) is 8.90. The third-order valence-electron chi connectivity index (χ3n) is 12.5. The van der Waals surface area contributed by atoms with Crippen molar-refractivity contribution >= 4 is 87.4 Å². The molecule has 4 fully saturated rings. The molecule has 4 unspecified atom stereocenters. The average molecular weight is 1000 g/mol. The lowest BCUT2D eigenvalue weighted by Gasteiger charge is -2.43. The minimum atomic E-state index is -1.06. The molecule has 0 saturated carbocycles. The Morgan fingerprint density at radius 2 is 1.65 bits per heavy atom. The number of carbonyl (C=O) groups excluding carboxylic acids is 10. The summed E-state index contributed by atoms with van der Waals surface area (Å²) in [5.74, 6) is -4.07. The van der Waals surface area contributed by atoms with E-state index in [0.29, 0.717) is 49.8 Å². The van der Waals surface area contributed by atoms with E-state index in [-0.39, 0.29) is 78.4 Å². The fraction of sp³-hybridized carbons (Fsp3) is 0.490. The number of ketones is 1. The summed E-state index contributed by atoms with van der Waals surface area (Å²) in [4.78, 5) is 132. The van der Waals surface area contributed by atoms with Gasteiger partial charge in [0.25, 0.3) is 17.7 Å². The summed E-state index contributed by atoms with van der Waals surface area (Å²) in [6.45, 7) is 9.54. The summed E-state index contributed by atoms with van der Waals surface area (Å²) < 4.78 is 10.5. The Morgan fingerprint density at radius 1 is 0.930 bits per heavy atom. The number of nitrogens with zero attached hydrogens (tertiary/aromatic N) is 4. The normalized spacial score (nSPS) is 21.9. The molecule has 0 aliphatic carbocycles. The van der Waals surface area contributed by atoms with Gasteiger partial charge in [-0.1, -0.05) is 56.6 Å². The first-order valence-corrected chi connectivity index (χ1v) is 23.9. The maximum absolute atomic E-state index is 13.6. The van der Waals surface area contributed by atoms with Crippen LogP contribution in [-0.4, -0.2) is 142 Å². The number of halogens is 1. The summed E-state index contributed by atoms with van der Waals surface area (Å²) >= 11 is 6.05. The molecule has 5 heterocycles. The molecular formula is C49H60ClN9O12. The molecule has 7 amide bonds. The van der Waals surface area contributed by atoms with Crippen molar-refractivity contribution in [3.63, 3.8) is 0 Å². The Balaban J connectivity index is 0.000000233. The number of hydrogen-bond donors (Lipinski definition) is 5. The topological polar surface area (TPSA) is 286 Å². The summed E-state index contributed by atoms with van der Waals surface area (Å²) in [7, 11) is 0. The number of aromatic nitrogens is 1. The van der Waals surface area contributed by atoms with Gasteiger partial charge in [0.05, 0.1) is 23.2 Å². The zero-order chi connectivity index (χ0) is 51.7. The zero-order valence-electron chi connectivity index (χ0n) is 40.2. The Hall–Kier alpha value is -7.00. The van der Waals surface area contributed by atoms with Crippen molar-refractivity contribution in [1.82, 2.24) is 41.2 Å². The Bertz CT molecular complexity index is 2570. The first kappa shape index (κ1) is 53.4. The summed E-state index contributed by atoms with van der Waals surface area (Å²) in [5.41, 5.74) is 5.86. The van der Waals surface area contributed by atoms with Crippen LogP contribution in [0.2, 0.25) is 5.02 Å². The Morgan fingerprint density at radius 3 is 2.34 bits per heavy atom. The van der Waals surface area contributed by atoms with Gasteiger partial charge in [-0.05, 0) is 81.0 Å². The van der Waals surface area contributed by atoms with Crippen LogP contribution in [0.25, 0.3) is 10.8 Å². The predicted octanol–water partition coefficient (Wildman–Crippen LogP) is 2.38. The summed E-state index contributed by atoms with van der Waals surface area (Å²) in [6, 6.07) is 8.11. The maximum Gasteiger partial charge on any atom is 0.310 e. The third kappa shape index (κ3) is 12.9. The first-order valence-electron chi connectivity index (χ1n) is 23.5. The van der Waals surface area contributed by atoms with E-state index >= 15 is 0 Å². The van der Waals surface area contributed by atoms with Gasteiger partial charge >= 0.3 is 5.97 Å². The lowest BCUT2D eigenvalue weighted by Crippen LogP contribution is -2.64. The number of nitrogens with two attached hydrogens (primary N) is 1. The highest BCUT2D eigenvalue weighted by molar-refractivity contribution is 6.33. The van der Waals surface area contributed by atoms with Crippen molar-refractivity contribution in [3.05, 3.63) is 71.0 Å².